The van der Waals surface area contributed by atoms with Crippen molar-refractivity contribution in [1.29, 1.82) is 0 Å². The zero-order valence-corrected chi connectivity index (χ0v) is 19.1. The van der Waals surface area contributed by atoms with Crippen LogP contribution in [-0.2, 0) is 18.7 Å². The Hall–Kier alpha value is -1.48. The Morgan fingerprint density at radius 1 is 1.19 bits per heavy atom. The lowest BCUT2D eigenvalue weighted by Crippen LogP contribution is -2.41. The van der Waals surface area contributed by atoms with Gasteiger partial charge in [-0.2, -0.15) is 8.42 Å². The summed E-state index contributed by atoms with van der Waals surface area (Å²) in [5.74, 6) is 0.567. The van der Waals surface area contributed by atoms with Crippen LogP contribution in [0.2, 0.25) is 18.1 Å². The third-order valence-electron chi connectivity index (χ3n) is 5.11. The highest BCUT2D eigenvalue weighted by Gasteiger charge is 2.39. The second-order valence-electron chi connectivity index (χ2n) is 8.26. The molecule has 0 aliphatic carbocycles. The van der Waals surface area contributed by atoms with Gasteiger partial charge in [-0.3, -0.25) is 4.18 Å². The van der Waals surface area contributed by atoms with Crippen LogP contribution in [0.5, 0.6) is 0 Å². The maximum atomic E-state index is 12.2. The fourth-order valence-electron chi connectivity index (χ4n) is 2.44. The molecule has 0 aliphatic rings. The number of aromatic nitrogens is 1. The first-order valence-corrected chi connectivity index (χ1v) is 13.2. The molecule has 1 unspecified atom stereocenters. The highest BCUT2D eigenvalue weighted by molar-refractivity contribution is 7.86. The van der Waals surface area contributed by atoms with Crippen molar-refractivity contribution < 1.29 is 21.5 Å². The summed E-state index contributed by atoms with van der Waals surface area (Å²) in [7, 11) is -4.70. The van der Waals surface area contributed by atoms with Gasteiger partial charge in [-0.25, -0.2) is 0 Å². The molecule has 2 aromatic rings. The van der Waals surface area contributed by atoms with E-state index in [1.807, 2.05) is 13.8 Å². The molecule has 0 saturated heterocycles. The fourth-order valence-corrected chi connectivity index (χ4v) is 4.64. The SMILES string of the molecule is COS(=O)(=O)c1ccc(C)cc1-c1cc(C(C)O[Si](C)(C)C(C)(C)C)on1. The van der Waals surface area contributed by atoms with Crippen molar-refractivity contribution in [2.24, 2.45) is 0 Å². The van der Waals surface area contributed by atoms with Crippen LogP contribution in [0, 0.1) is 6.92 Å². The monoisotopic (exact) mass is 411 g/mol. The van der Waals surface area contributed by atoms with Crippen molar-refractivity contribution in [3.8, 4) is 11.3 Å². The van der Waals surface area contributed by atoms with Crippen LogP contribution in [0.4, 0.5) is 0 Å². The highest BCUT2D eigenvalue weighted by atomic mass is 32.2. The highest BCUT2D eigenvalue weighted by Crippen LogP contribution is 2.40. The summed E-state index contributed by atoms with van der Waals surface area (Å²) in [5.41, 5.74) is 1.80. The first kappa shape index (κ1) is 21.8. The van der Waals surface area contributed by atoms with Crippen molar-refractivity contribution in [1.82, 2.24) is 5.16 Å². The standard InChI is InChI=1S/C19H29NO5SSi/c1-13-9-10-18(26(21,22)23-6)15(11-13)16-12-17(24-20-16)14(2)25-27(7,8)19(3,4)5/h9-12,14H,1-8H3. The van der Waals surface area contributed by atoms with Gasteiger partial charge in [0.15, 0.2) is 14.1 Å². The molecule has 0 saturated carbocycles. The van der Waals surface area contributed by atoms with Gasteiger partial charge in [0, 0.05) is 11.6 Å². The van der Waals surface area contributed by atoms with Crippen LogP contribution in [0.1, 0.15) is 45.1 Å². The topological polar surface area (TPSA) is 78.6 Å². The molecule has 1 aromatic carbocycles. The predicted molar refractivity (Wildman–Crippen MR) is 108 cm³/mol. The second kappa shape index (κ2) is 7.50. The second-order valence-corrected chi connectivity index (χ2v) is 14.7. The van der Waals surface area contributed by atoms with Gasteiger partial charge in [-0.1, -0.05) is 37.6 Å². The van der Waals surface area contributed by atoms with E-state index in [0.29, 0.717) is 17.0 Å². The zero-order chi connectivity index (χ0) is 20.6. The summed E-state index contributed by atoms with van der Waals surface area (Å²) in [4.78, 5) is 0.0633. The van der Waals surface area contributed by atoms with Crippen LogP contribution in [0.15, 0.2) is 33.7 Å². The molecule has 1 heterocycles. The summed E-state index contributed by atoms with van der Waals surface area (Å²) >= 11 is 0. The van der Waals surface area contributed by atoms with Crippen LogP contribution < -0.4 is 0 Å². The minimum absolute atomic E-state index is 0.0633. The third kappa shape index (κ3) is 4.68. The largest absolute Gasteiger partial charge is 0.407 e. The van der Waals surface area contributed by atoms with E-state index < -0.39 is 18.4 Å². The van der Waals surface area contributed by atoms with Gasteiger partial charge in [-0.15, -0.1) is 0 Å². The lowest BCUT2D eigenvalue weighted by atomic mass is 10.1. The van der Waals surface area contributed by atoms with Gasteiger partial charge >= 0.3 is 0 Å². The molecule has 0 bridgehead atoms. The predicted octanol–water partition coefficient (Wildman–Crippen LogP) is 5.07. The van der Waals surface area contributed by atoms with E-state index >= 15 is 0 Å². The lowest BCUT2D eigenvalue weighted by Gasteiger charge is -2.37. The number of nitrogens with zero attached hydrogens (tertiary/aromatic N) is 1. The van der Waals surface area contributed by atoms with Crippen molar-refractivity contribution in [2.75, 3.05) is 7.11 Å². The van der Waals surface area contributed by atoms with Crippen molar-refractivity contribution >= 4 is 18.4 Å². The Bertz CT molecular complexity index is 912. The molecule has 6 nitrogen and oxygen atoms in total. The number of benzene rings is 1. The van der Waals surface area contributed by atoms with E-state index in [9.17, 15) is 8.42 Å². The van der Waals surface area contributed by atoms with Crippen LogP contribution in [0.25, 0.3) is 11.3 Å². The molecule has 0 fully saturated rings. The summed E-state index contributed by atoms with van der Waals surface area (Å²) in [5, 5.41) is 4.16. The number of hydrogen-bond donors (Lipinski definition) is 0. The normalized spacial score (nSPS) is 14.4. The molecule has 27 heavy (non-hydrogen) atoms. The Labute approximate surface area is 163 Å². The summed E-state index contributed by atoms with van der Waals surface area (Å²) in [6.07, 6.45) is -0.278. The number of hydrogen-bond acceptors (Lipinski definition) is 6. The molecular formula is C19H29NO5SSi. The Morgan fingerprint density at radius 2 is 1.81 bits per heavy atom. The summed E-state index contributed by atoms with van der Waals surface area (Å²) in [6, 6.07) is 6.74. The van der Waals surface area contributed by atoms with Crippen LogP contribution >= 0.6 is 0 Å². The van der Waals surface area contributed by atoms with Gasteiger partial charge in [0.25, 0.3) is 10.1 Å². The molecule has 8 heteroatoms. The molecule has 0 spiro atoms. The van der Waals surface area contributed by atoms with Gasteiger partial charge in [0.1, 0.15) is 16.7 Å². The Balaban J connectivity index is 2.40. The fraction of sp³-hybridized carbons (Fsp3) is 0.526. The van der Waals surface area contributed by atoms with Gasteiger partial charge in [-0.05, 0) is 44.1 Å². The Morgan fingerprint density at radius 3 is 2.37 bits per heavy atom. The molecule has 2 rings (SSSR count). The third-order valence-corrected chi connectivity index (χ3v) is 11.0. The van der Waals surface area contributed by atoms with E-state index in [1.165, 1.54) is 6.07 Å². The van der Waals surface area contributed by atoms with Crippen molar-refractivity contribution in [2.45, 2.75) is 63.8 Å². The summed E-state index contributed by atoms with van der Waals surface area (Å²) < 4.78 is 41.0. The van der Waals surface area contributed by atoms with Crippen LogP contribution in [-0.4, -0.2) is 29.0 Å². The molecule has 0 amide bonds. The molecule has 0 aliphatic heterocycles. The van der Waals surface area contributed by atoms with E-state index in [0.717, 1.165) is 12.7 Å². The summed E-state index contributed by atoms with van der Waals surface area (Å²) in [6.45, 7) is 14.7. The smallest absolute Gasteiger partial charge is 0.297 e. The average molecular weight is 412 g/mol. The molecule has 150 valence electrons. The van der Waals surface area contributed by atoms with Gasteiger partial charge in [0.2, 0.25) is 0 Å². The molecule has 0 N–H and O–H groups in total. The van der Waals surface area contributed by atoms with E-state index in [2.05, 4.69) is 43.2 Å². The molecule has 0 radical (unpaired) electrons. The minimum atomic E-state index is -3.86. The minimum Gasteiger partial charge on any atom is -0.407 e. The number of aryl methyl sites for hydroxylation is 1. The lowest BCUT2D eigenvalue weighted by molar-refractivity contribution is 0.164. The molecule has 1 atom stereocenters. The first-order chi connectivity index (χ1) is 12.3. The average Bonchev–Trinajstić information content (AvgIpc) is 3.03. The van der Waals surface area contributed by atoms with E-state index in [1.54, 1.807) is 18.2 Å². The van der Waals surface area contributed by atoms with Crippen molar-refractivity contribution in [3.63, 3.8) is 0 Å². The van der Waals surface area contributed by atoms with E-state index in [-0.39, 0.29) is 16.0 Å². The first-order valence-electron chi connectivity index (χ1n) is 8.84. The number of rotatable bonds is 6. The van der Waals surface area contributed by atoms with Gasteiger partial charge < -0.3 is 8.95 Å². The Kier molecular flexibility index (Phi) is 6.06. The van der Waals surface area contributed by atoms with Gasteiger partial charge in [0.05, 0.1) is 7.11 Å². The maximum Gasteiger partial charge on any atom is 0.297 e. The molecular weight excluding hydrogens is 382 g/mol. The quantitative estimate of drug-likeness (QED) is 0.488. The molecule has 1 aromatic heterocycles. The van der Waals surface area contributed by atoms with E-state index in [4.69, 9.17) is 8.95 Å². The maximum absolute atomic E-state index is 12.2. The van der Waals surface area contributed by atoms with Crippen LogP contribution in [0.3, 0.4) is 0 Å². The van der Waals surface area contributed by atoms with Crippen molar-refractivity contribution in [3.05, 3.63) is 35.6 Å². The zero-order valence-electron chi connectivity index (χ0n) is 17.3.